The zero-order valence-corrected chi connectivity index (χ0v) is 13.6. The van der Waals surface area contributed by atoms with Crippen LogP contribution in [0.3, 0.4) is 0 Å². The van der Waals surface area contributed by atoms with Crippen LogP contribution >= 0.6 is 0 Å². The van der Waals surface area contributed by atoms with Gasteiger partial charge in [-0.3, -0.25) is 10.5 Å². The van der Waals surface area contributed by atoms with E-state index in [1.54, 1.807) is 6.92 Å². The highest BCUT2D eigenvalue weighted by Crippen LogP contribution is 2.29. The van der Waals surface area contributed by atoms with Gasteiger partial charge in [-0.15, -0.1) is 0 Å². The van der Waals surface area contributed by atoms with Crippen LogP contribution in [0.2, 0.25) is 0 Å². The molecular weight excluding hydrogens is 280 g/mol. The van der Waals surface area contributed by atoms with Crippen molar-refractivity contribution in [3.8, 4) is 5.75 Å². The summed E-state index contributed by atoms with van der Waals surface area (Å²) in [7, 11) is 0. The van der Waals surface area contributed by atoms with Gasteiger partial charge in [0, 0.05) is 25.6 Å². The van der Waals surface area contributed by atoms with Gasteiger partial charge in [-0.05, 0) is 30.4 Å². The van der Waals surface area contributed by atoms with Crippen molar-refractivity contribution in [2.45, 2.75) is 52.5 Å². The molecule has 0 fully saturated rings. The summed E-state index contributed by atoms with van der Waals surface area (Å²) in [5.41, 5.74) is 8.15. The Morgan fingerprint density at radius 3 is 2.82 bits per heavy atom. The van der Waals surface area contributed by atoms with E-state index in [-0.39, 0.29) is 5.91 Å². The van der Waals surface area contributed by atoms with E-state index in [9.17, 15) is 9.90 Å². The Morgan fingerprint density at radius 2 is 2.18 bits per heavy atom. The van der Waals surface area contributed by atoms with Crippen molar-refractivity contribution < 1.29 is 14.6 Å². The number of aliphatic hydroxyl groups is 1. The highest BCUT2D eigenvalue weighted by Gasteiger charge is 2.23. The van der Waals surface area contributed by atoms with Crippen molar-refractivity contribution in [1.82, 2.24) is 4.90 Å². The molecule has 0 spiro atoms. The van der Waals surface area contributed by atoms with Crippen LogP contribution in [0.15, 0.2) is 18.2 Å². The number of aliphatic hydroxyl groups excluding tert-OH is 1. The molecule has 1 aliphatic rings. The molecule has 5 heteroatoms. The number of fused-ring (bicyclic) bond motifs is 1. The zero-order valence-electron chi connectivity index (χ0n) is 13.6. The maximum atomic E-state index is 11.5. The number of hydrogen-bond acceptors (Lipinski definition) is 4. The normalized spacial score (nSPS) is 17.1. The number of benzene rings is 1. The average Bonchev–Trinajstić information content (AvgIpc) is 2.46. The Labute approximate surface area is 132 Å². The van der Waals surface area contributed by atoms with Gasteiger partial charge in [-0.1, -0.05) is 26.0 Å². The summed E-state index contributed by atoms with van der Waals surface area (Å²) in [4.78, 5) is 13.3. The van der Waals surface area contributed by atoms with Crippen LogP contribution in [0.25, 0.3) is 0 Å². The van der Waals surface area contributed by atoms with Crippen molar-refractivity contribution in [2.75, 3.05) is 6.54 Å². The maximum absolute atomic E-state index is 11.5. The van der Waals surface area contributed by atoms with E-state index >= 15 is 0 Å². The monoisotopic (exact) mass is 306 g/mol. The molecule has 3 N–H and O–H groups in total. The molecule has 2 rings (SSSR count). The van der Waals surface area contributed by atoms with Gasteiger partial charge in [0.15, 0.2) is 6.23 Å². The van der Waals surface area contributed by atoms with E-state index in [0.717, 1.165) is 23.3 Å². The number of rotatable bonds is 5. The standard InChI is InChI=1S/C17H26N2O3/c1-11(2)9-15(21)17(18)22-16-6-4-5-13-10-19(12(3)20)8-7-14(13)16/h4-6,11,15,17,21H,7-10,18H2,1-3H3. The molecule has 0 radical (unpaired) electrons. The minimum absolute atomic E-state index is 0.0843. The number of carbonyl (C=O) groups excluding carboxylic acids is 1. The second-order valence-corrected chi connectivity index (χ2v) is 6.36. The third-order valence-electron chi connectivity index (χ3n) is 4.02. The lowest BCUT2D eigenvalue weighted by Crippen LogP contribution is -2.41. The van der Waals surface area contributed by atoms with Crippen molar-refractivity contribution >= 4 is 5.91 Å². The third-order valence-corrected chi connectivity index (χ3v) is 4.02. The molecule has 2 atom stereocenters. The molecule has 0 bridgehead atoms. The van der Waals surface area contributed by atoms with E-state index in [4.69, 9.17) is 10.5 Å². The Bertz CT molecular complexity index is 531. The fourth-order valence-electron chi connectivity index (χ4n) is 2.80. The van der Waals surface area contributed by atoms with Crippen LogP contribution in [-0.4, -0.2) is 34.8 Å². The Balaban J connectivity index is 2.10. The topological polar surface area (TPSA) is 75.8 Å². The number of carbonyl (C=O) groups is 1. The molecule has 0 aromatic heterocycles. The zero-order chi connectivity index (χ0) is 16.3. The van der Waals surface area contributed by atoms with E-state index in [1.807, 2.05) is 36.9 Å². The fraction of sp³-hybridized carbons (Fsp3) is 0.588. The lowest BCUT2D eigenvalue weighted by Gasteiger charge is -2.30. The van der Waals surface area contributed by atoms with Crippen molar-refractivity contribution in [2.24, 2.45) is 11.7 Å². The molecule has 0 aliphatic carbocycles. The molecule has 1 heterocycles. The number of nitrogens with zero attached hydrogens (tertiary/aromatic N) is 1. The van der Waals surface area contributed by atoms with E-state index in [1.165, 1.54) is 0 Å². The van der Waals surface area contributed by atoms with Gasteiger partial charge in [0.1, 0.15) is 11.9 Å². The van der Waals surface area contributed by atoms with Gasteiger partial charge in [-0.25, -0.2) is 0 Å². The van der Waals surface area contributed by atoms with Crippen molar-refractivity contribution in [3.63, 3.8) is 0 Å². The molecule has 1 aromatic carbocycles. The van der Waals surface area contributed by atoms with Crippen LogP contribution in [0.1, 0.15) is 38.3 Å². The van der Waals surface area contributed by atoms with Crippen LogP contribution < -0.4 is 10.5 Å². The largest absolute Gasteiger partial charge is 0.473 e. The van der Waals surface area contributed by atoms with Gasteiger partial charge in [-0.2, -0.15) is 0 Å². The number of nitrogens with two attached hydrogens (primary N) is 1. The van der Waals surface area contributed by atoms with Gasteiger partial charge < -0.3 is 14.7 Å². The molecule has 0 saturated heterocycles. The summed E-state index contributed by atoms with van der Waals surface area (Å²) in [5.74, 6) is 1.16. The second-order valence-electron chi connectivity index (χ2n) is 6.36. The fourth-order valence-corrected chi connectivity index (χ4v) is 2.80. The number of amides is 1. The minimum atomic E-state index is -0.736. The predicted molar refractivity (Wildman–Crippen MR) is 85.3 cm³/mol. The van der Waals surface area contributed by atoms with Crippen LogP contribution in [-0.2, 0) is 17.8 Å². The van der Waals surface area contributed by atoms with Gasteiger partial charge in [0.2, 0.25) is 5.91 Å². The third kappa shape index (κ3) is 3.99. The highest BCUT2D eigenvalue weighted by molar-refractivity contribution is 5.73. The van der Waals surface area contributed by atoms with Crippen molar-refractivity contribution in [1.29, 1.82) is 0 Å². The van der Waals surface area contributed by atoms with E-state index < -0.39 is 12.3 Å². The molecule has 1 amide bonds. The predicted octanol–water partition coefficient (Wildman–Crippen LogP) is 1.66. The molecule has 1 aliphatic heterocycles. The smallest absolute Gasteiger partial charge is 0.219 e. The first-order valence-corrected chi connectivity index (χ1v) is 7.85. The summed E-state index contributed by atoms with van der Waals surface area (Å²) in [6.07, 6.45) is -0.0697. The van der Waals surface area contributed by atoms with Crippen molar-refractivity contribution in [3.05, 3.63) is 29.3 Å². The summed E-state index contributed by atoms with van der Waals surface area (Å²) in [6.45, 7) is 6.95. The molecular formula is C17H26N2O3. The van der Waals surface area contributed by atoms with E-state index in [2.05, 4.69) is 0 Å². The molecule has 2 unspecified atom stereocenters. The average molecular weight is 306 g/mol. The summed E-state index contributed by atoms with van der Waals surface area (Å²) in [5, 5.41) is 10.1. The second kappa shape index (κ2) is 7.11. The Morgan fingerprint density at radius 1 is 1.45 bits per heavy atom. The van der Waals surface area contributed by atoms with Crippen LogP contribution in [0, 0.1) is 5.92 Å². The van der Waals surface area contributed by atoms with Crippen LogP contribution in [0.4, 0.5) is 0 Å². The lowest BCUT2D eigenvalue weighted by atomic mass is 9.98. The van der Waals surface area contributed by atoms with Gasteiger partial charge >= 0.3 is 0 Å². The van der Waals surface area contributed by atoms with Gasteiger partial charge in [0.05, 0.1) is 0 Å². The minimum Gasteiger partial charge on any atom is -0.473 e. The quantitative estimate of drug-likeness (QED) is 0.811. The van der Waals surface area contributed by atoms with E-state index in [0.29, 0.717) is 25.4 Å². The molecule has 1 aromatic rings. The highest BCUT2D eigenvalue weighted by atomic mass is 16.5. The maximum Gasteiger partial charge on any atom is 0.219 e. The summed E-state index contributed by atoms with van der Waals surface area (Å²) >= 11 is 0. The van der Waals surface area contributed by atoms with Crippen LogP contribution in [0.5, 0.6) is 5.75 Å². The Kier molecular flexibility index (Phi) is 5.42. The number of hydrogen-bond donors (Lipinski definition) is 2. The molecule has 0 saturated carbocycles. The molecule has 5 nitrogen and oxygen atoms in total. The first-order valence-electron chi connectivity index (χ1n) is 7.85. The SMILES string of the molecule is CC(=O)N1CCc2c(cccc2OC(N)C(O)CC(C)C)C1. The molecule has 122 valence electrons. The van der Waals surface area contributed by atoms with Gasteiger partial charge in [0.25, 0.3) is 0 Å². The first-order chi connectivity index (χ1) is 10.4. The summed E-state index contributed by atoms with van der Waals surface area (Å²) < 4.78 is 5.80. The Hall–Kier alpha value is -1.59. The number of ether oxygens (including phenoxy) is 1. The molecule has 22 heavy (non-hydrogen) atoms. The summed E-state index contributed by atoms with van der Waals surface area (Å²) in [6, 6.07) is 5.79. The first kappa shape index (κ1) is 16.8. The lowest BCUT2D eigenvalue weighted by molar-refractivity contribution is -0.129.